The molecular formula is C80H76BN3. The second-order valence-electron chi connectivity index (χ2n) is 28.0. The van der Waals surface area contributed by atoms with Crippen molar-refractivity contribution >= 4 is 68.6 Å². The lowest BCUT2D eigenvalue weighted by atomic mass is 9.33. The van der Waals surface area contributed by atoms with Crippen LogP contribution in [0.4, 0.5) is 45.5 Å². The van der Waals surface area contributed by atoms with E-state index in [2.05, 4.69) is 303 Å². The van der Waals surface area contributed by atoms with E-state index in [-0.39, 0.29) is 28.4 Å². The van der Waals surface area contributed by atoms with E-state index in [0.29, 0.717) is 0 Å². The summed E-state index contributed by atoms with van der Waals surface area (Å²) in [7, 11) is 0. The van der Waals surface area contributed by atoms with Gasteiger partial charge in [-0.2, -0.15) is 0 Å². The number of hydrogen-bond donors (Lipinski definition) is 0. The Labute approximate surface area is 499 Å². The van der Waals surface area contributed by atoms with Crippen molar-refractivity contribution in [1.29, 1.82) is 0 Å². The van der Waals surface area contributed by atoms with Crippen molar-refractivity contribution < 1.29 is 0 Å². The third-order valence-electron chi connectivity index (χ3n) is 21.0. The second kappa shape index (κ2) is 18.6. The van der Waals surface area contributed by atoms with Crippen LogP contribution in [-0.2, 0) is 33.6 Å². The number of aryl methyl sites for hydroxylation is 3. The Morgan fingerprint density at radius 1 is 0.417 bits per heavy atom. The first kappa shape index (κ1) is 52.5. The number of nitrogens with zero attached hydrogens (tertiary/aromatic N) is 3. The van der Waals surface area contributed by atoms with Gasteiger partial charge in [0.25, 0.3) is 6.71 Å². The summed E-state index contributed by atoms with van der Waals surface area (Å²) < 4.78 is 0. The summed E-state index contributed by atoms with van der Waals surface area (Å²) >= 11 is 0. The molecule has 0 spiro atoms. The van der Waals surface area contributed by atoms with Crippen LogP contribution in [0.1, 0.15) is 126 Å². The monoisotopic (exact) mass is 1090 g/mol. The summed E-state index contributed by atoms with van der Waals surface area (Å²) in [5, 5.41) is 0. The van der Waals surface area contributed by atoms with Crippen LogP contribution < -0.4 is 31.1 Å². The fourth-order valence-corrected chi connectivity index (χ4v) is 16.2. The molecule has 4 heteroatoms. The van der Waals surface area contributed by atoms with Crippen molar-refractivity contribution in [2.75, 3.05) is 14.7 Å². The SMILES string of the molecule is Cc1cc(C)c2c(c1)C1(C)CCc3ccccc3C1(C)N2c1cc2c3c(c1)N(c1ccc(C(C)(C)C)cc1-c1ccccc1)c1cc4c(cc1B3c1ccc(-c3ccccc3)cc1N2c1cccc(-c2ccccc2)c1)C(C)(C)CCC4(C)C. The Bertz CT molecular complexity index is 4320. The molecule has 3 aliphatic heterocycles. The first-order valence-electron chi connectivity index (χ1n) is 30.9. The van der Waals surface area contributed by atoms with Gasteiger partial charge in [-0.1, -0.05) is 225 Å². The maximum Gasteiger partial charge on any atom is 0.252 e. The summed E-state index contributed by atoms with van der Waals surface area (Å²) in [4.78, 5) is 8.25. The molecule has 0 radical (unpaired) electrons. The zero-order chi connectivity index (χ0) is 57.8. The minimum atomic E-state index is -0.441. The zero-order valence-corrected chi connectivity index (χ0v) is 51.0. The number of rotatable bonds is 6. The molecule has 2 atom stereocenters. The lowest BCUT2D eigenvalue weighted by Gasteiger charge is -2.52. The number of hydrogen-bond acceptors (Lipinski definition) is 3. The highest BCUT2D eigenvalue weighted by atomic mass is 15.3. The van der Waals surface area contributed by atoms with Crippen LogP contribution in [-0.4, -0.2) is 6.71 Å². The van der Waals surface area contributed by atoms with E-state index in [0.717, 1.165) is 31.4 Å². The molecule has 0 bridgehead atoms. The fourth-order valence-electron chi connectivity index (χ4n) is 16.2. The molecule has 414 valence electrons. The van der Waals surface area contributed by atoms with E-state index in [1.54, 1.807) is 0 Å². The number of benzene rings is 10. The fraction of sp³-hybridized carbons (Fsp3) is 0.250. The van der Waals surface area contributed by atoms with E-state index in [9.17, 15) is 0 Å². The van der Waals surface area contributed by atoms with Gasteiger partial charge < -0.3 is 14.7 Å². The second-order valence-corrected chi connectivity index (χ2v) is 28.0. The van der Waals surface area contributed by atoms with Crippen molar-refractivity contribution in [1.82, 2.24) is 0 Å². The van der Waals surface area contributed by atoms with Crippen molar-refractivity contribution in [2.24, 2.45) is 0 Å². The van der Waals surface area contributed by atoms with Crippen molar-refractivity contribution in [3.05, 3.63) is 257 Å². The van der Waals surface area contributed by atoms with E-state index in [1.165, 1.54) is 134 Å². The Kier molecular flexibility index (Phi) is 11.6. The standard InChI is InChI=1S/C80H76BN3/c1-51-42-52(2)75-66(43-51)79(10)39-38-56-30-21-22-33-63(56)80(79,11)84(75)61-47-72-74-73(48-61)83(69-37-35-59(76(3,4)5)46-62(69)55-28-19-14-20-29-55)71-50-65-64(77(6,7)40-41-78(65,8)9)49-68(71)81(74)67-36-34-58(54-26-17-13-18-27-54)45-70(67)82(72)60-32-23-31-57(44-60)53-24-15-12-16-25-53/h12-37,42-50H,38-41H2,1-11H3. The molecule has 10 aromatic rings. The summed E-state index contributed by atoms with van der Waals surface area (Å²) in [6.07, 6.45) is 4.36. The van der Waals surface area contributed by atoms with Crippen LogP contribution >= 0.6 is 0 Å². The summed E-state index contributed by atoms with van der Waals surface area (Å²) in [6, 6.07) is 82.3. The molecule has 84 heavy (non-hydrogen) atoms. The van der Waals surface area contributed by atoms with Crippen LogP contribution in [0.3, 0.4) is 0 Å². The highest BCUT2D eigenvalue weighted by Crippen LogP contribution is 2.65. The molecule has 15 rings (SSSR count). The van der Waals surface area contributed by atoms with Crippen molar-refractivity contribution in [2.45, 2.75) is 129 Å². The van der Waals surface area contributed by atoms with Gasteiger partial charge in [0.05, 0.1) is 11.2 Å². The third-order valence-corrected chi connectivity index (χ3v) is 21.0. The minimum absolute atomic E-state index is 0.0163. The van der Waals surface area contributed by atoms with Gasteiger partial charge in [-0.15, -0.1) is 0 Å². The summed E-state index contributed by atoms with van der Waals surface area (Å²) in [5.41, 5.74) is 31.5. The molecule has 0 fully saturated rings. The molecule has 0 saturated carbocycles. The molecule has 3 nitrogen and oxygen atoms in total. The molecule has 0 amide bonds. The van der Waals surface area contributed by atoms with Gasteiger partial charge in [0.1, 0.15) is 0 Å². The Hall–Kier alpha value is -8.34. The normalized spacial score (nSPS) is 19.4. The first-order chi connectivity index (χ1) is 40.3. The van der Waals surface area contributed by atoms with Crippen LogP contribution in [0.5, 0.6) is 0 Å². The van der Waals surface area contributed by atoms with Crippen molar-refractivity contribution in [3.8, 4) is 33.4 Å². The van der Waals surface area contributed by atoms with Gasteiger partial charge in [0.15, 0.2) is 0 Å². The van der Waals surface area contributed by atoms with Gasteiger partial charge in [-0.25, -0.2) is 0 Å². The Morgan fingerprint density at radius 3 is 1.69 bits per heavy atom. The number of fused-ring (bicyclic) bond motifs is 10. The predicted molar refractivity (Wildman–Crippen MR) is 358 cm³/mol. The highest BCUT2D eigenvalue weighted by molar-refractivity contribution is 7.00. The Balaban J connectivity index is 1.13. The topological polar surface area (TPSA) is 9.72 Å². The maximum absolute atomic E-state index is 2.84. The molecule has 5 aliphatic rings. The predicted octanol–water partition coefficient (Wildman–Crippen LogP) is 19.3. The average Bonchev–Trinajstić information content (AvgIpc) is 1.33. The average molecular weight is 1090 g/mol. The van der Waals surface area contributed by atoms with Gasteiger partial charge in [0.2, 0.25) is 0 Å². The van der Waals surface area contributed by atoms with Crippen LogP contribution in [0, 0.1) is 13.8 Å². The van der Waals surface area contributed by atoms with Crippen LogP contribution in [0.2, 0.25) is 0 Å². The smallest absolute Gasteiger partial charge is 0.252 e. The molecule has 0 aromatic heterocycles. The maximum atomic E-state index is 2.84. The molecular weight excluding hydrogens is 1010 g/mol. The van der Waals surface area contributed by atoms with Crippen LogP contribution in [0.15, 0.2) is 212 Å². The molecule has 10 aromatic carbocycles. The van der Waals surface area contributed by atoms with E-state index in [1.807, 2.05) is 0 Å². The van der Waals surface area contributed by atoms with E-state index >= 15 is 0 Å². The van der Waals surface area contributed by atoms with Gasteiger partial charge in [-0.3, -0.25) is 0 Å². The lowest BCUT2D eigenvalue weighted by Crippen LogP contribution is -2.62. The quantitative estimate of drug-likeness (QED) is 0.154. The molecule has 0 N–H and O–H groups in total. The third kappa shape index (κ3) is 7.71. The number of anilines is 8. The molecule has 2 aliphatic carbocycles. The molecule has 2 unspecified atom stereocenters. The minimum Gasteiger partial charge on any atom is -0.330 e. The summed E-state index contributed by atoms with van der Waals surface area (Å²) in [5.74, 6) is 0. The Morgan fingerprint density at radius 2 is 1.01 bits per heavy atom. The zero-order valence-electron chi connectivity index (χ0n) is 51.0. The van der Waals surface area contributed by atoms with Crippen molar-refractivity contribution in [3.63, 3.8) is 0 Å². The van der Waals surface area contributed by atoms with E-state index < -0.39 is 5.54 Å². The lowest BCUT2D eigenvalue weighted by molar-refractivity contribution is 0.245. The summed E-state index contributed by atoms with van der Waals surface area (Å²) in [6.45, 7) is 26.8. The first-order valence-corrected chi connectivity index (χ1v) is 30.9. The molecule has 0 saturated heterocycles. The highest BCUT2D eigenvalue weighted by Gasteiger charge is 2.61. The van der Waals surface area contributed by atoms with Crippen LogP contribution in [0.25, 0.3) is 33.4 Å². The molecule has 3 heterocycles. The van der Waals surface area contributed by atoms with Gasteiger partial charge >= 0.3 is 0 Å². The van der Waals surface area contributed by atoms with E-state index in [4.69, 9.17) is 0 Å². The van der Waals surface area contributed by atoms with Gasteiger partial charge in [-0.05, 0) is 194 Å². The van der Waals surface area contributed by atoms with Gasteiger partial charge in [0, 0.05) is 50.8 Å². The largest absolute Gasteiger partial charge is 0.330 e.